The molecule has 6 nitrogen and oxygen atoms in total. The molecule has 132 valence electrons. The number of nitrogens with zero attached hydrogens (tertiary/aromatic N) is 3. The normalized spacial score (nSPS) is 11.4. The van der Waals surface area contributed by atoms with Crippen LogP contribution in [0.15, 0.2) is 36.5 Å². The first-order valence-electron chi connectivity index (χ1n) is 7.80. The van der Waals surface area contributed by atoms with Gasteiger partial charge in [-0.05, 0) is 36.8 Å². The van der Waals surface area contributed by atoms with E-state index in [9.17, 15) is 8.78 Å². The van der Waals surface area contributed by atoms with E-state index in [0.29, 0.717) is 16.9 Å². The van der Waals surface area contributed by atoms with Crippen molar-refractivity contribution in [2.75, 3.05) is 7.11 Å². The maximum atomic E-state index is 12.4. The van der Waals surface area contributed by atoms with Crippen LogP contribution in [0.4, 0.5) is 8.78 Å². The zero-order valence-electron chi connectivity index (χ0n) is 14.0. The second-order valence-electron chi connectivity index (χ2n) is 5.74. The minimum atomic E-state index is -2.95. The molecule has 2 aromatic carbocycles. The SMILES string of the molecule is COc1ccc2nc(-c3cc(C)cc4nc(OC(F)F)cnc34)[nH]c2c1. The van der Waals surface area contributed by atoms with Crippen LogP contribution >= 0.6 is 0 Å². The van der Waals surface area contributed by atoms with Gasteiger partial charge in [-0.3, -0.25) is 0 Å². The van der Waals surface area contributed by atoms with Gasteiger partial charge in [-0.15, -0.1) is 0 Å². The highest BCUT2D eigenvalue weighted by Gasteiger charge is 2.14. The van der Waals surface area contributed by atoms with Gasteiger partial charge in [0.2, 0.25) is 5.88 Å². The Morgan fingerprint density at radius 2 is 1.92 bits per heavy atom. The summed E-state index contributed by atoms with van der Waals surface area (Å²) in [6.07, 6.45) is 1.18. The van der Waals surface area contributed by atoms with Gasteiger partial charge in [0, 0.05) is 11.6 Å². The van der Waals surface area contributed by atoms with Crippen molar-refractivity contribution in [2.45, 2.75) is 13.5 Å². The molecule has 2 aromatic heterocycles. The second-order valence-corrected chi connectivity index (χ2v) is 5.74. The van der Waals surface area contributed by atoms with Crippen molar-refractivity contribution in [1.82, 2.24) is 19.9 Å². The molecule has 2 heterocycles. The molecule has 0 atom stereocenters. The fraction of sp³-hybridized carbons (Fsp3) is 0.167. The summed E-state index contributed by atoms with van der Waals surface area (Å²) in [6.45, 7) is -1.06. The van der Waals surface area contributed by atoms with E-state index in [1.807, 2.05) is 31.2 Å². The minimum absolute atomic E-state index is 0.224. The molecular weight excluding hydrogens is 342 g/mol. The summed E-state index contributed by atoms with van der Waals surface area (Å²) in [5.74, 6) is 1.10. The van der Waals surface area contributed by atoms with Crippen LogP contribution in [0.5, 0.6) is 11.6 Å². The van der Waals surface area contributed by atoms with E-state index in [-0.39, 0.29) is 5.88 Å². The zero-order chi connectivity index (χ0) is 18.3. The molecule has 4 rings (SSSR count). The third kappa shape index (κ3) is 2.90. The fourth-order valence-electron chi connectivity index (χ4n) is 2.82. The average molecular weight is 356 g/mol. The highest BCUT2D eigenvalue weighted by atomic mass is 19.3. The van der Waals surface area contributed by atoms with Crippen LogP contribution in [-0.2, 0) is 0 Å². The standard InChI is InChI=1S/C18H14F2N4O2/c1-9-5-11(16-14(6-9)22-15(8-21-16)26-18(19)20)17-23-12-4-3-10(25-2)7-13(12)24-17/h3-8,18H,1-2H3,(H,23,24). The molecule has 0 saturated heterocycles. The Morgan fingerprint density at radius 1 is 1.08 bits per heavy atom. The summed E-state index contributed by atoms with van der Waals surface area (Å²) in [5.41, 5.74) is 4.22. The fourth-order valence-corrected chi connectivity index (χ4v) is 2.82. The monoisotopic (exact) mass is 356 g/mol. The van der Waals surface area contributed by atoms with Gasteiger partial charge in [-0.25, -0.2) is 15.0 Å². The Hall–Kier alpha value is -3.29. The summed E-state index contributed by atoms with van der Waals surface area (Å²) in [6, 6.07) is 9.21. The Kier molecular flexibility index (Phi) is 3.87. The van der Waals surface area contributed by atoms with Crippen LogP contribution in [0, 0.1) is 6.92 Å². The highest BCUT2D eigenvalue weighted by molar-refractivity contribution is 5.92. The number of halogens is 2. The molecule has 4 aromatic rings. The zero-order valence-corrected chi connectivity index (χ0v) is 14.0. The smallest absolute Gasteiger partial charge is 0.388 e. The number of rotatable bonds is 4. The first kappa shape index (κ1) is 16.2. The van der Waals surface area contributed by atoms with Crippen molar-refractivity contribution in [1.29, 1.82) is 0 Å². The molecule has 0 radical (unpaired) electrons. The number of benzene rings is 2. The largest absolute Gasteiger partial charge is 0.497 e. The van der Waals surface area contributed by atoms with Gasteiger partial charge < -0.3 is 14.5 Å². The lowest BCUT2D eigenvalue weighted by molar-refractivity contribution is -0.0528. The van der Waals surface area contributed by atoms with Crippen molar-refractivity contribution in [2.24, 2.45) is 0 Å². The quantitative estimate of drug-likeness (QED) is 0.596. The van der Waals surface area contributed by atoms with Crippen LogP contribution in [0.3, 0.4) is 0 Å². The molecule has 0 aliphatic carbocycles. The number of ether oxygens (including phenoxy) is 2. The Morgan fingerprint density at radius 3 is 2.69 bits per heavy atom. The lowest BCUT2D eigenvalue weighted by Crippen LogP contribution is -2.04. The number of imidazole rings is 1. The van der Waals surface area contributed by atoms with E-state index in [1.165, 1.54) is 6.20 Å². The summed E-state index contributed by atoms with van der Waals surface area (Å²) in [5, 5.41) is 0. The number of alkyl halides is 2. The third-order valence-electron chi connectivity index (χ3n) is 3.92. The first-order chi connectivity index (χ1) is 12.5. The van der Waals surface area contributed by atoms with Gasteiger partial charge in [0.25, 0.3) is 0 Å². The molecule has 0 unspecified atom stereocenters. The Bertz CT molecular complexity index is 1110. The molecule has 0 bridgehead atoms. The van der Waals surface area contributed by atoms with E-state index >= 15 is 0 Å². The van der Waals surface area contributed by atoms with Gasteiger partial charge >= 0.3 is 6.61 Å². The summed E-state index contributed by atoms with van der Waals surface area (Å²) in [4.78, 5) is 16.2. The minimum Gasteiger partial charge on any atom is -0.497 e. The molecule has 0 saturated carbocycles. The number of hydrogen-bond donors (Lipinski definition) is 1. The van der Waals surface area contributed by atoms with Crippen LogP contribution in [0.25, 0.3) is 33.5 Å². The van der Waals surface area contributed by atoms with Crippen molar-refractivity contribution in [3.8, 4) is 23.0 Å². The van der Waals surface area contributed by atoms with E-state index in [1.54, 1.807) is 13.2 Å². The maximum Gasteiger partial charge on any atom is 0.388 e. The summed E-state index contributed by atoms with van der Waals surface area (Å²) < 4.78 is 34.4. The molecule has 0 aliphatic heterocycles. The third-order valence-corrected chi connectivity index (χ3v) is 3.92. The lowest BCUT2D eigenvalue weighted by Gasteiger charge is -2.07. The molecule has 0 amide bonds. The van der Waals surface area contributed by atoms with Crippen molar-refractivity contribution >= 4 is 22.1 Å². The molecule has 26 heavy (non-hydrogen) atoms. The van der Waals surface area contributed by atoms with Gasteiger partial charge in [0.1, 0.15) is 11.6 Å². The summed E-state index contributed by atoms with van der Waals surface area (Å²) >= 11 is 0. The second kappa shape index (κ2) is 6.21. The molecule has 1 N–H and O–H groups in total. The number of fused-ring (bicyclic) bond motifs is 2. The van der Waals surface area contributed by atoms with Crippen LogP contribution < -0.4 is 9.47 Å². The Labute approximate surface area is 146 Å². The number of aryl methyl sites for hydroxylation is 1. The number of H-pyrrole nitrogens is 1. The number of hydrogen-bond acceptors (Lipinski definition) is 5. The molecular formula is C18H14F2N4O2. The van der Waals surface area contributed by atoms with Gasteiger partial charge in [-0.1, -0.05) is 0 Å². The van der Waals surface area contributed by atoms with Crippen LogP contribution in [0.1, 0.15) is 5.56 Å². The Balaban J connectivity index is 1.87. The van der Waals surface area contributed by atoms with E-state index in [0.717, 1.165) is 27.9 Å². The summed E-state index contributed by atoms with van der Waals surface area (Å²) in [7, 11) is 1.60. The van der Waals surface area contributed by atoms with Crippen LogP contribution in [-0.4, -0.2) is 33.7 Å². The molecule has 8 heteroatoms. The van der Waals surface area contributed by atoms with E-state index in [2.05, 4.69) is 24.7 Å². The topological polar surface area (TPSA) is 72.9 Å². The molecule has 0 spiro atoms. The van der Waals surface area contributed by atoms with Crippen LogP contribution in [0.2, 0.25) is 0 Å². The number of nitrogens with one attached hydrogen (secondary N) is 1. The predicted molar refractivity (Wildman–Crippen MR) is 92.5 cm³/mol. The van der Waals surface area contributed by atoms with Gasteiger partial charge in [0.15, 0.2) is 0 Å². The molecule has 0 aliphatic rings. The highest BCUT2D eigenvalue weighted by Crippen LogP contribution is 2.30. The first-order valence-corrected chi connectivity index (χ1v) is 7.80. The van der Waals surface area contributed by atoms with Crippen molar-refractivity contribution in [3.63, 3.8) is 0 Å². The maximum absolute atomic E-state index is 12.4. The average Bonchev–Trinajstić information content (AvgIpc) is 3.03. The van der Waals surface area contributed by atoms with Gasteiger partial charge in [-0.2, -0.15) is 8.78 Å². The lowest BCUT2D eigenvalue weighted by atomic mass is 10.1. The number of aromatic amines is 1. The van der Waals surface area contributed by atoms with Gasteiger partial charge in [0.05, 0.1) is 35.4 Å². The van der Waals surface area contributed by atoms with E-state index < -0.39 is 6.61 Å². The van der Waals surface area contributed by atoms with Crippen molar-refractivity contribution < 1.29 is 18.3 Å². The van der Waals surface area contributed by atoms with E-state index in [4.69, 9.17) is 4.74 Å². The van der Waals surface area contributed by atoms with Crippen molar-refractivity contribution in [3.05, 3.63) is 42.1 Å². The number of methoxy groups -OCH3 is 1. The predicted octanol–water partition coefficient (Wildman–Crippen LogP) is 4.09. The number of aromatic nitrogens is 4. The molecule has 0 fully saturated rings.